The Morgan fingerprint density at radius 3 is 2.78 bits per heavy atom. The molecule has 1 aromatic rings. The molecule has 0 spiro atoms. The van der Waals surface area contributed by atoms with Crippen molar-refractivity contribution in [2.45, 2.75) is 38.8 Å². The minimum absolute atomic E-state index is 0. The minimum Gasteiger partial charge on any atom is -0.356 e. The van der Waals surface area contributed by atoms with Gasteiger partial charge in [-0.05, 0) is 51.9 Å². The summed E-state index contributed by atoms with van der Waals surface area (Å²) in [5.74, 6) is 0.428. The normalized spacial score (nSPS) is 20.8. The molecular weight excluding hydrogens is 310 g/mol. The first-order chi connectivity index (χ1) is 10.6. The highest BCUT2D eigenvalue weighted by Crippen LogP contribution is 2.15. The molecule has 2 atom stereocenters. The van der Waals surface area contributed by atoms with Gasteiger partial charge in [-0.25, -0.2) is 0 Å². The second-order valence-electron chi connectivity index (χ2n) is 6.44. The van der Waals surface area contributed by atoms with Crippen LogP contribution in [-0.4, -0.2) is 43.5 Å². The van der Waals surface area contributed by atoms with Crippen molar-refractivity contribution in [2.75, 3.05) is 26.7 Å². The number of hydrogen-bond acceptors (Lipinski definition) is 3. The molecule has 23 heavy (non-hydrogen) atoms. The molecule has 0 radical (unpaired) electrons. The number of hydrogen-bond donors (Lipinski definition) is 2. The van der Waals surface area contributed by atoms with Crippen LogP contribution in [0.15, 0.2) is 30.3 Å². The topological polar surface area (TPSA) is 44.4 Å². The third-order valence-corrected chi connectivity index (χ3v) is 4.31. The van der Waals surface area contributed by atoms with Crippen LogP contribution in [0.5, 0.6) is 0 Å². The molecular formula is C18H30ClN3O. The lowest BCUT2D eigenvalue weighted by Gasteiger charge is -2.27. The van der Waals surface area contributed by atoms with E-state index >= 15 is 0 Å². The molecule has 2 N–H and O–H groups in total. The van der Waals surface area contributed by atoms with Crippen molar-refractivity contribution in [3.8, 4) is 0 Å². The summed E-state index contributed by atoms with van der Waals surface area (Å²) in [5.41, 5.74) is 1.33. The quantitative estimate of drug-likeness (QED) is 0.750. The van der Waals surface area contributed by atoms with Crippen molar-refractivity contribution in [2.24, 2.45) is 5.92 Å². The Kier molecular flexibility index (Phi) is 9.22. The molecule has 1 saturated heterocycles. The van der Waals surface area contributed by atoms with Crippen molar-refractivity contribution in [3.05, 3.63) is 35.9 Å². The molecule has 0 unspecified atom stereocenters. The largest absolute Gasteiger partial charge is 0.356 e. The Morgan fingerprint density at radius 1 is 1.35 bits per heavy atom. The van der Waals surface area contributed by atoms with Gasteiger partial charge in [-0.3, -0.25) is 4.79 Å². The zero-order valence-electron chi connectivity index (χ0n) is 14.3. The molecule has 1 aromatic carbocycles. The van der Waals surface area contributed by atoms with Gasteiger partial charge in [0.25, 0.3) is 0 Å². The van der Waals surface area contributed by atoms with Gasteiger partial charge in [0.15, 0.2) is 0 Å². The number of nitrogens with one attached hydrogen (secondary N) is 2. The van der Waals surface area contributed by atoms with E-state index in [9.17, 15) is 4.79 Å². The summed E-state index contributed by atoms with van der Waals surface area (Å²) in [6.07, 6.45) is 2.92. The number of carbonyl (C=O) groups excluding carboxylic acids is 1. The monoisotopic (exact) mass is 339 g/mol. The Hall–Kier alpha value is -1.10. The van der Waals surface area contributed by atoms with E-state index in [1.54, 1.807) is 0 Å². The van der Waals surface area contributed by atoms with E-state index in [-0.39, 0.29) is 24.2 Å². The first-order valence-corrected chi connectivity index (χ1v) is 8.38. The summed E-state index contributed by atoms with van der Waals surface area (Å²) >= 11 is 0. The average molecular weight is 340 g/mol. The molecule has 1 heterocycles. The third-order valence-electron chi connectivity index (χ3n) is 4.31. The lowest BCUT2D eigenvalue weighted by atomic mass is 9.92. The molecule has 1 fully saturated rings. The van der Waals surface area contributed by atoms with E-state index in [0.29, 0.717) is 6.04 Å². The molecule has 0 saturated carbocycles. The van der Waals surface area contributed by atoms with Crippen molar-refractivity contribution < 1.29 is 4.79 Å². The van der Waals surface area contributed by atoms with Crippen LogP contribution in [0.2, 0.25) is 0 Å². The van der Waals surface area contributed by atoms with Crippen LogP contribution in [0.1, 0.15) is 31.7 Å². The lowest BCUT2D eigenvalue weighted by molar-refractivity contribution is -0.126. The molecule has 0 aromatic heterocycles. The van der Waals surface area contributed by atoms with E-state index < -0.39 is 0 Å². The molecule has 0 bridgehead atoms. The Balaban J connectivity index is 0.00000264. The highest BCUT2D eigenvalue weighted by molar-refractivity contribution is 5.85. The smallest absolute Gasteiger partial charge is 0.223 e. The number of carbonyl (C=O) groups is 1. The first kappa shape index (κ1) is 19.9. The molecule has 0 aliphatic carbocycles. The number of piperidine rings is 1. The van der Waals surface area contributed by atoms with Gasteiger partial charge in [-0.2, -0.15) is 0 Å². The first-order valence-electron chi connectivity index (χ1n) is 8.38. The van der Waals surface area contributed by atoms with Crippen LogP contribution in [0.4, 0.5) is 0 Å². The van der Waals surface area contributed by atoms with E-state index in [4.69, 9.17) is 0 Å². The summed E-state index contributed by atoms with van der Waals surface area (Å²) in [7, 11) is 2.13. The maximum absolute atomic E-state index is 12.1. The van der Waals surface area contributed by atoms with E-state index in [2.05, 4.69) is 53.8 Å². The van der Waals surface area contributed by atoms with Gasteiger partial charge in [0.05, 0.1) is 0 Å². The fourth-order valence-electron chi connectivity index (χ4n) is 3.05. The summed E-state index contributed by atoms with van der Waals surface area (Å²) < 4.78 is 0. The fourth-order valence-corrected chi connectivity index (χ4v) is 3.05. The lowest BCUT2D eigenvalue weighted by Crippen LogP contribution is -2.42. The molecule has 1 aliphatic heterocycles. The van der Waals surface area contributed by atoms with Gasteiger partial charge in [-0.15, -0.1) is 12.4 Å². The third kappa shape index (κ3) is 7.34. The fraction of sp³-hybridized carbons (Fsp3) is 0.611. The van der Waals surface area contributed by atoms with Crippen LogP contribution in [0.25, 0.3) is 0 Å². The highest BCUT2D eigenvalue weighted by atomic mass is 35.5. The van der Waals surface area contributed by atoms with Crippen LogP contribution in [0.3, 0.4) is 0 Å². The second-order valence-corrected chi connectivity index (χ2v) is 6.44. The van der Waals surface area contributed by atoms with E-state index in [0.717, 1.165) is 45.4 Å². The van der Waals surface area contributed by atoms with Crippen molar-refractivity contribution >= 4 is 18.3 Å². The van der Waals surface area contributed by atoms with Gasteiger partial charge >= 0.3 is 0 Å². The van der Waals surface area contributed by atoms with Gasteiger partial charge in [0.1, 0.15) is 0 Å². The number of nitrogens with zero attached hydrogens (tertiary/aromatic N) is 1. The van der Waals surface area contributed by atoms with Crippen LogP contribution < -0.4 is 10.6 Å². The maximum atomic E-state index is 12.1. The maximum Gasteiger partial charge on any atom is 0.223 e. The number of amides is 1. The standard InChI is InChI=1S/C18H29N3O.ClH/c1-15-13-17(9-11-19-15)18(22)20-10-6-12-21(2)14-16-7-4-3-5-8-16;/h3-5,7-8,15,17,19H,6,9-14H2,1-2H3,(H,20,22);1H/t15-,17-;/m0./s1. The van der Waals surface area contributed by atoms with Crippen LogP contribution in [0, 0.1) is 5.92 Å². The SMILES string of the molecule is C[C@H]1C[C@@H](C(=O)NCCCN(C)Cc2ccccc2)CCN1.Cl. The average Bonchev–Trinajstić information content (AvgIpc) is 2.52. The summed E-state index contributed by atoms with van der Waals surface area (Å²) in [4.78, 5) is 14.4. The second kappa shape index (κ2) is 10.6. The van der Waals surface area contributed by atoms with Crippen molar-refractivity contribution in [3.63, 3.8) is 0 Å². The van der Waals surface area contributed by atoms with Gasteiger partial charge in [0.2, 0.25) is 5.91 Å². The van der Waals surface area contributed by atoms with Crippen molar-refractivity contribution in [1.29, 1.82) is 0 Å². The Bertz CT molecular complexity index is 455. The van der Waals surface area contributed by atoms with Gasteiger partial charge in [-0.1, -0.05) is 30.3 Å². The summed E-state index contributed by atoms with van der Waals surface area (Å²) in [6, 6.07) is 10.9. The molecule has 1 aliphatic rings. The van der Waals surface area contributed by atoms with Crippen LogP contribution >= 0.6 is 12.4 Å². The predicted molar refractivity (Wildman–Crippen MR) is 97.8 cm³/mol. The number of rotatable bonds is 7. The molecule has 4 nitrogen and oxygen atoms in total. The summed E-state index contributed by atoms with van der Waals surface area (Å²) in [5, 5.41) is 6.48. The highest BCUT2D eigenvalue weighted by Gasteiger charge is 2.24. The van der Waals surface area contributed by atoms with E-state index in [1.165, 1.54) is 5.56 Å². The predicted octanol–water partition coefficient (Wildman–Crippen LogP) is 2.43. The Labute approximate surface area is 146 Å². The molecule has 130 valence electrons. The summed E-state index contributed by atoms with van der Waals surface area (Å²) in [6.45, 7) is 5.84. The number of benzene rings is 1. The zero-order chi connectivity index (χ0) is 15.8. The molecule has 5 heteroatoms. The van der Waals surface area contributed by atoms with E-state index in [1.807, 2.05) is 6.07 Å². The van der Waals surface area contributed by atoms with Gasteiger partial charge in [0, 0.05) is 25.0 Å². The van der Waals surface area contributed by atoms with Crippen molar-refractivity contribution in [1.82, 2.24) is 15.5 Å². The molecule has 1 amide bonds. The minimum atomic E-state index is 0. The van der Waals surface area contributed by atoms with Gasteiger partial charge < -0.3 is 15.5 Å². The number of halogens is 1. The van der Waals surface area contributed by atoms with Crippen LogP contribution in [-0.2, 0) is 11.3 Å². The zero-order valence-corrected chi connectivity index (χ0v) is 15.1. The Morgan fingerprint density at radius 2 is 2.09 bits per heavy atom. The molecule has 2 rings (SSSR count).